The Labute approximate surface area is 246 Å². The van der Waals surface area contributed by atoms with Crippen LogP contribution in [0.3, 0.4) is 0 Å². The van der Waals surface area contributed by atoms with Crippen LogP contribution in [0.15, 0.2) is 90.0 Å². The number of hydrogen-bond donors (Lipinski definition) is 1. The van der Waals surface area contributed by atoms with E-state index in [0.717, 1.165) is 57.9 Å². The van der Waals surface area contributed by atoms with Gasteiger partial charge in [0.2, 0.25) is 0 Å². The molecule has 3 aromatic carbocycles. The molecule has 0 bridgehead atoms. The zero-order chi connectivity index (χ0) is 28.8. The molecule has 0 aliphatic heterocycles. The van der Waals surface area contributed by atoms with Gasteiger partial charge in [0.1, 0.15) is 11.6 Å². The summed E-state index contributed by atoms with van der Waals surface area (Å²) in [7, 11) is 2.76. The molecule has 0 radical (unpaired) electrons. The quantitative estimate of drug-likeness (QED) is 0.227. The van der Waals surface area contributed by atoms with Crippen LogP contribution in [0.25, 0.3) is 21.8 Å². The lowest BCUT2D eigenvalue weighted by atomic mass is 9.83. The Hall–Kier alpha value is -3.55. The predicted octanol–water partition coefficient (Wildman–Crippen LogP) is 7.13. The summed E-state index contributed by atoms with van der Waals surface area (Å²) in [5, 5.41) is 5.94. The maximum Gasteiger partial charge on any atom is 0.157 e. The van der Waals surface area contributed by atoms with Crippen molar-refractivity contribution in [2.24, 2.45) is 11.8 Å². The standard InChI is InChI=1S/C23H28N2OS.C11H13N3/c1-18-11-13-19(14-12-18)15-24-16-20-17-25(23-10-6-5-9-22(20)23)27(26)21-7-3-2-4-8-21;1-8-12-10-7-5-4-6-9(10)11(13-8)14(2)3/h2-10,17-19,24H,11-16H2,1H3;4-7H,1-3H3. The van der Waals surface area contributed by atoms with Gasteiger partial charge in [-0.15, -0.1) is 0 Å². The van der Waals surface area contributed by atoms with Gasteiger partial charge in [-0.3, -0.25) is 3.97 Å². The topological polar surface area (TPSA) is 63.1 Å². The van der Waals surface area contributed by atoms with Crippen molar-refractivity contribution < 1.29 is 4.21 Å². The normalized spacial score (nSPS) is 17.7. The number of benzene rings is 3. The maximum absolute atomic E-state index is 13.1. The lowest BCUT2D eigenvalue weighted by Crippen LogP contribution is -2.25. The van der Waals surface area contributed by atoms with Crippen LogP contribution in [-0.2, 0) is 17.5 Å². The van der Waals surface area contributed by atoms with Gasteiger partial charge in [-0.05, 0) is 74.0 Å². The first-order valence-electron chi connectivity index (χ1n) is 14.6. The highest BCUT2D eigenvalue weighted by Crippen LogP contribution is 2.28. The van der Waals surface area contributed by atoms with E-state index in [-0.39, 0.29) is 0 Å². The molecule has 7 heteroatoms. The van der Waals surface area contributed by atoms with Gasteiger partial charge in [-0.25, -0.2) is 14.2 Å². The molecule has 1 atom stereocenters. The van der Waals surface area contributed by atoms with Crippen LogP contribution in [0.4, 0.5) is 5.82 Å². The molecule has 1 fully saturated rings. The molecule has 6 nitrogen and oxygen atoms in total. The minimum absolute atomic E-state index is 0.799. The number of para-hydroxylation sites is 2. The Morgan fingerprint density at radius 3 is 2.27 bits per heavy atom. The lowest BCUT2D eigenvalue weighted by Gasteiger charge is -2.26. The van der Waals surface area contributed by atoms with Crippen molar-refractivity contribution in [3.05, 3.63) is 96.4 Å². The van der Waals surface area contributed by atoms with E-state index < -0.39 is 11.0 Å². The summed E-state index contributed by atoms with van der Waals surface area (Å²) < 4.78 is 15.0. The second-order valence-electron chi connectivity index (χ2n) is 11.3. The summed E-state index contributed by atoms with van der Waals surface area (Å²) in [6.45, 7) is 6.18. The summed E-state index contributed by atoms with van der Waals surface area (Å²) in [4.78, 5) is 11.6. The van der Waals surface area contributed by atoms with Crippen LogP contribution in [0.1, 0.15) is 44.0 Å². The number of hydrogen-bond acceptors (Lipinski definition) is 5. The van der Waals surface area contributed by atoms with E-state index in [1.165, 1.54) is 36.6 Å². The highest BCUT2D eigenvalue weighted by atomic mass is 32.2. The summed E-state index contributed by atoms with van der Waals surface area (Å²) in [6, 6.07) is 26.0. The van der Waals surface area contributed by atoms with E-state index in [4.69, 9.17) is 0 Å². The number of rotatable bonds is 7. The largest absolute Gasteiger partial charge is 0.362 e. The average Bonchev–Trinajstić information content (AvgIpc) is 3.36. The molecule has 5 aromatic rings. The monoisotopic (exact) mass is 567 g/mol. The Morgan fingerprint density at radius 2 is 1.54 bits per heavy atom. The Bertz CT molecular complexity index is 1610. The molecule has 214 valence electrons. The van der Waals surface area contributed by atoms with Crippen molar-refractivity contribution in [3.63, 3.8) is 0 Å². The number of fused-ring (bicyclic) bond motifs is 2. The lowest BCUT2D eigenvalue weighted by molar-refractivity contribution is 0.281. The third-order valence-electron chi connectivity index (χ3n) is 7.89. The van der Waals surface area contributed by atoms with Gasteiger partial charge in [-0.1, -0.05) is 68.3 Å². The van der Waals surface area contributed by atoms with Crippen molar-refractivity contribution >= 4 is 38.6 Å². The Kier molecular flexibility index (Phi) is 9.47. The van der Waals surface area contributed by atoms with Gasteiger partial charge in [0, 0.05) is 37.6 Å². The minimum atomic E-state index is -1.23. The second-order valence-corrected chi connectivity index (χ2v) is 12.7. The fraction of sp³-hybridized carbons (Fsp3) is 0.353. The van der Waals surface area contributed by atoms with E-state index in [1.807, 2.05) is 90.6 Å². The number of anilines is 1. The molecule has 0 saturated heterocycles. The highest BCUT2D eigenvalue weighted by Gasteiger charge is 2.18. The average molecular weight is 568 g/mol. The zero-order valence-electron chi connectivity index (χ0n) is 24.6. The van der Waals surface area contributed by atoms with Gasteiger partial charge in [-0.2, -0.15) is 0 Å². The number of aryl methyl sites for hydroxylation is 1. The van der Waals surface area contributed by atoms with Crippen LogP contribution >= 0.6 is 0 Å². The van der Waals surface area contributed by atoms with Gasteiger partial charge in [0.25, 0.3) is 0 Å². The Balaban J connectivity index is 0.000000202. The van der Waals surface area contributed by atoms with Crippen molar-refractivity contribution in [2.45, 2.75) is 51.0 Å². The molecule has 1 aliphatic rings. The second kappa shape index (κ2) is 13.4. The SMILES string of the molecule is CC1CCC(CNCc2cn(S(=O)c3ccccc3)c3ccccc23)CC1.Cc1nc(N(C)C)c2ccccc2n1. The van der Waals surface area contributed by atoms with E-state index in [9.17, 15) is 4.21 Å². The predicted molar refractivity (Wildman–Crippen MR) is 172 cm³/mol. The molecule has 0 amide bonds. The molecule has 1 N–H and O–H groups in total. The first kappa shape index (κ1) is 29.0. The van der Waals surface area contributed by atoms with Gasteiger partial charge < -0.3 is 10.2 Å². The summed E-state index contributed by atoms with van der Waals surface area (Å²) in [5.41, 5.74) is 3.26. The van der Waals surface area contributed by atoms with E-state index in [1.54, 1.807) is 0 Å². The third-order valence-corrected chi connectivity index (χ3v) is 9.22. The molecule has 2 aromatic heterocycles. The van der Waals surface area contributed by atoms with E-state index in [2.05, 4.69) is 46.6 Å². The number of aromatic nitrogens is 3. The fourth-order valence-electron chi connectivity index (χ4n) is 5.60. The first-order valence-corrected chi connectivity index (χ1v) is 15.7. The third kappa shape index (κ3) is 7.03. The van der Waals surface area contributed by atoms with Crippen molar-refractivity contribution in [1.82, 2.24) is 19.3 Å². The summed E-state index contributed by atoms with van der Waals surface area (Å²) >= 11 is 0. The van der Waals surface area contributed by atoms with Gasteiger partial charge >= 0.3 is 0 Å². The van der Waals surface area contributed by atoms with Crippen LogP contribution < -0.4 is 10.2 Å². The zero-order valence-corrected chi connectivity index (χ0v) is 25.4. The number of nitrogens with zero attached hydrogens (tertiary/aromatic N) is 4. The minimum Gasteiger partial charge on any atom is -0.362 e. The van der Waals surface area contributed by atoms with Gasteiger partial charge in [0.15, 0.2) is 11.0 Å². The molecule has 0 spiro atoms. The van der Waals surface area contributed by atoms with E-state index in [0.29, 0.717) is 0 Å². The molecule has 41 heavy (non-hydrogen) atoms. The van der Waals surface area contributed by atoms with Crippen molar-refractivity contribution in [2.75, 3.05) is 25.5 Å². The molecule has 2 heterocycles. The summed E-state index contributed by atoms with van der Waals surface area (Å²) in [5.74, 6) is 3.49. The van der Waals surface area contributed by atoms with Crippen LogP contribution in [0, 0.1) is 18.8 Å². The molecule has 1 unspecified atom stereocenters. The smallest absolute Gasteiger partial charge is 0.157 e. The van der Waals surface area contributed by atoms with Crippen molar-refractivity contribution in [1.29, 1.82) is 0 Å². The Morgan fingerprint density at radius 1 is 0.878 bits per heavy atom. The van der Waals surface area contributed by atoms with Crippen LogP contribution in [0.5, 0.6) is 0 Å². The van der Waals surface area contributed by atoms with Gasteiger partial charge in [0.05, 0.1) is 15.9 Å². The fourth-order valence-corrected chi connectivity index (χ4v) is 6.78. The molecular weight excluding hydrogens is 526 g/mol. The molecule has 1 saturated carbocycles. The molecule has 6 rings (SSSR count). The van der Waals surface area contributed by atoms with Crippen LogP contribution in [0.2, 0.25) is 0 Å². The first-order chi connectivity index (χ1) is 19.9. The maximum atomic E-state index is 13.1. The summed E-state index contributed by atoms with van der Waals surface area (Å²) in [6.07, 6.45) is 7.47. The number of nitrogens with one attached hydrogen (secondary N) is 1. The molecular formula is C34H41N5OS. The van der Waals surface area contributed by atoms with Crippen molar-refractivity contribution in [3.8, 4) is 0 Å². The molecule has 1 aliphatic carbocycles. The van der Waals surface area contributed by atoms with E-state index >= 15 is 0 Å². The van der Waals surface area contributed by atoms with Crippen LogP contribution in [-0.4, -0.2) is 38.8 Å². The highest BCUT2D eigenvalue weighted by molar-refractivity contribution is 7.83.